The van der Waals surface area contributed by atoms with Crippen molar-refractivity contribution in [2.75, 3.05) is 5.73 Å². The third-order valence-electron chi connectivity index (χ3n) is 3.33. The van der Waals surface area contributed by atoms with Crippen molar-refractivity contribution in [2.24, 2.45) is 0 Å². The van der Waals surface area contributed by atoms with E-state index in [1.165, 1.54) is 6.07 Å². The van der Waals surface area contributed by atoms with Gasteiger partial charge in [0.2, 0.25) is 0 Å². The van der Waals surface area contributed by atoms with E-state index in [0.29, 0.717) is 16.0 Å². The number of nitro benzene ring substituents is 1. The Morgan fingerprint density at radius 1 is 1.42 bits per heavy atom. The van der Waals surface area contributed by atoms with Crippen LogP contribution in [0.15, 0.2) is 22.7 Å². The Labute approximate surface area is 117 Å². The van der Waals surface area contributed by atoms with Crippen LogP contribution in [-0.4, -0.2) is 14.7 Å². The first-order valence-electron chi connectivity index (χ1n) is 5.88. The van der Waals surface area contributed by atoms with Crippen molar-refractivity contribution < 1.29 is 4.92 Å². The number of nitrogens with zero attached hydrogens (tertiary/aromatic N) is 3. The third kappa shape index (κ3) is 1.90. The number of benzene rings is 1. The molecule has 0 aliphatic heterocycles. The largest absolute Gasteiger partial charge is 0.382 e. The molecule has 98 valence electrons. The van der Waals surface area contributed by atoms with Crippen molar-refractivity contribution >= 4 is 27.4 Å². The second-order valence-electron chi connectivity index (χ2n) is 4.47. The Bertz CT molecular complexity index is 681. The van der Waals surface area contributed by atoms with Gasteiger partial charge in [0.15, 0.2) is 0 Å². The summed E-state index contributed by atoms with van der Waals surface area (Å²) in [6, 6.07) is 4.96. The Balaban J connectivity index is 2.15. The third-order valence-corrected chi connectivity index (χ3v) is 4.00. The van der Waals surface area contributed by atoms with E-state index < -0.39 is 4.92 Å². The van der Waals surface area contributed by atoms with E-state index in [2.05, 4.69) is 21.0 Å². The lowest BCUT2D eigenvalue weighted by Gasteiger charge is -2.06. The molecule has 6 nitrogen and oxygen atoms in total. The molecule has 1 aliphatic carbocycles. The number of aromatic nitrogens is 2. The summed E-state index contributed by atoms with van der Waals surface area (Å²) < 4.78 is 2.18. The molecule has 1 heterocycles. The van der Waals surface area contributed by atoms with Crippen LogP contribution in [0.3, 0.4) is 0 Å². The van der Waals surface area contributed by atoms with Gasteiger partial charge in [-0.2, -0.15) is 5.10 Å². The second-order valence-corrected chi connectivity index (χ2v) is 5.32. The number of nitrogens with two attached hydrogens (primary N) is 1. The molecule has 0 saturated heterocycles. The van der Waals surface area contributed by atoms with Gasteiger partial charge in [0.05, 0.1) is 15.1 Å². The first-order valence-corrected chi connectivity index (χ1v) is 6.68. The highest BCUT2D eigenvalue weighted by Crippen LogP contribution is 2.32. The maximum absolute atomic E-state index is 11.0. The molecule has 2 aromatic rings. The Morgan fingerprint density at radius 3 is 2.95 bits per heavy atom. The molecule has 1 aromatic heterocycles. The van der Waals surface area contributed by atoms with Gasteiger partial charge in [0.25, 0.3) is 5.69 Å². The van der Waals surface area contributed by atoms with Gasteiger partial charge in [0.1, 0.15) is 5.82 Å². The van der Waals surface area contributed by atoms with Gasteiger partial charge in [-0.25, -0.2) is 4.68 Å². The molecule has 3 rings (SSSR count). The zero-order chi connectivity index (χ0) is 13.6. The fourth-order valence-corrected chi connectivity index (χ4v) is 2.84. The van der Waals surface area contributed by atoms with E-state index in [1.54, 1.807) is 16.8 Å². The fraction of sp³-hybridized carbons (Fsp3) is 0.250. The first-order chi connectivity index (χ1) is 9.08. The van der Waals surface area contributed by atoms with Crippen molar-refractivity contribution in [3.05, 3.63) is 44.0 Å². The second kappa shape index (κ2) is 4.34. The standard InChI is InChI=1S/C12H11BrN4O2/c13-9-5-4-7(6-11(9)17(18)19)16-10-3-1-2-8(10)12(14)15-16/h4-6H,1-3H2,(H2,14,15). The van der Waals surface area contributed by atoms with Crippen LogP contribution in [0.1, 0.15) is 17.7 Å². The number of nitrogen functional groups attached to an aromatic ring is 1. The zero-order valence-electron chi connectivity index (χ0n) is 9.97. The lowest BCUT2D eigenvalue weighted by Crippen LogP contribution is -2.03. The SMILES string of the molecule is Nc1nn(-c2ccc(Br)c([N+](=O)[O-])c2)c2c1CCC2. The van der Waals surface area contributed by atoms with Gasteiger partial charge in [-0.1, -0.05) is 0 Å². The molecule has 0 radical (unpaired) electrons. The van der Waals surface area contributed by atoms with Crippen LogP contribution in [-0.2, 0) is 12.8 Å². The van der Waals surface area contributed by atoms with E-state index in [1.807, 2.05) is 0 Å². The van der Waals surface area contributed by atoms with Gasteiger partial charge in [-0.3, -0.25) is 10.1 Å². The summed E-state index contributed by atoms with van der Waals surface area (Å²) in [5, 5.41) is 15.3. The van der Waals surface area contributed by atoms with Crippen LogP contribution in [0.25, 0.3) is 5.69 Å². The molecule has 19 heavy (non-hydrogen) atoms. The minimum Gasteiger partial charge on any atom is -0.382 e. The molecule has 7 heteroatoms. The van der Waals surface area contributed by atoms with Crippen LogP contribution >= 0.6 is 15.9 Å². The highest BCUT2D eigenvalue weighted by Gasteiger charge is 2.23. The summed E-state index contributed by atoms with van der Waals surface area (Å²) in [5.74, 6) is 0.526. The molecule has 0 spiro atoms. The minimum atomic E-state index is -0.416. The van der Waals surface area contributed by atoms with Gasteiger partial charge in [-0.05, 0) is 47.3 Å². The van der Waals surface area contributed by atoms with Crippen molar-refractivity contribution in [2.45, 2.75) is 19.3 Å². The molecule has 0 fully saturated rings. The normalized spacial score (nSPS) is 13.5. The van der Waals surface area contributed by atoms with Crippen LogP contribution in [0.5, 0.6) is 0 Å². The fourth-order valence-electron chi connectivity index (χ4n) is 2.45. The van der Waals surface area contributed by atoms with Crippen LogP contribution in [0, 0.1) is 10.1 Å². The molecular formula is C12H11BrN4O2. The maximum Gasteiger partial charge on any atom is 0.285 e. The Kier molecular flexibility index (Phi) is 2.78. The number of fused-ring (bicyclic) bond motifs is 1. The topological polar surface area (TPSA) is 87.0 Å². The number of anilines is 1. The molecule has 0 amide bonds. The quantitative estimate of drug-likeness (QED) is 0.680. The smallest absolute Gasteiger partial charge is 0.285 e. The lowest BCUT2D eigenvalue weighted by atomic mass is 10.2. The maximum atomic E-state index is 11.0. The van der Waals surface area contributed by atoms with E-state index in [-0.39, 0.29) is 5.69 Å². The molecule has 1 aromatic carbocycles. The number of hydrogen-bond acceptors (Lipinski definition) is 4. The van der Waals surface area contributed by atoms with E-state index >= 15 is 0 Å². The summed E-state index contributed by atoms with van der Waals surface area (Å²) in [6.45, 7) is 0. The average molecular weight is 323 g/mol. The molecule has 1 aliphatic rings. The summed E-state index contributed by atoms with van der Waals surface area (Å²) in [4.78, 5) is 10.5. The summed E-state index contributed by atoms with van der Waals surface area (Å²) in [5.41, 5.74) is 8.72. The predicted molar refractivity (Wildman–Crippen MR) is 74.4 cm³/mol. The number of hydrogen-bond donors (Lipinski definition) is 1. The van der Waals surface area contributed by atoms with Crippen molar-refractivity contribution in [3.8, 4) is 5.69 Å². The van der Waals surface area contributed by atoms with Crippen LogP contribution in [0.4, 0.5) is 11.5 Å². The van der Waals surface area contributed by atoms with Gasteiger partial charge in [-0.15, -0.1) is 0 Å². The van der Waals surface area contributed by atoms with Gasteiger partial charge in [0, 0.05) is 17.3 Å². The molecular weight excluding hydrogens is 312 g/mol. The molecule has 0 bridgehead atoms. The van der Waals surface area contributed by atoms with E-state index in [0.717, 1.165) is 30.5 Å². The van der Waals surface area contributed by atoms with Crippen LogP contribution in [0.2, 0.25) is 0 Å². The van der Waals surface area contributed by atoms with Gasteiger partial charge >= 0.3 is 0 Å². The zero-order valence-corrected chi connectivity index (χ0v) is 11.6. The average Bonchev–Trinajstić information content (AvgIpc) is 2.94. The predicted octanol–water partition coefficient (Wildman–Crippen LogP) is 2.61. The number of halogens is 1. The summed E-state index contributed by atoms with van der Waals surface area (Å²) in [7, 11) is 0. The number of nitro groups is 1. The molecule has 0 atom stereocenters. The summed E-state index contributed by atoms with van der Waals surface area (Å²) >= 11 is 3.18. The van der Waals surface area contributed by atoms with Crippen LogP contribution < -0.4 is 5.73 Å². The highest BCUT2D eigenvalue weighted by molar-refractivity contribution is 9.10. The minimum absolute atomic E-state index is 0.0262. The van der Waals surface area contributed by atoms with Crippen molar-refractivity contribution in [1.29, 1.82) is 0 Å². The molecule has 0 saturated carbocycles. The lowest BCUT2D eigenvalue weighted by molar-refractivity contribution is -0.385. The van der Waals surface area contributed by atoms with Crippen molar-refractivity contribution in [3.63, 3.8) is 0 Å². The van der Waals surface area contributed by atoms with E-state index in [9.17, 15) is 10.1 Å². The first kappa shape index (κ1) is 12.2. The highest BCUT2D eigenvalue weighted by atomic mass is 79.9. The van der Waals surface area contributed by atoms with Gasteiger partial charge < -0.3 is 5.73 Å². The number of rotatable bonds is 2. The monoisotopic (exact) mass is 322 g/mol. The van der Waals surface area contributed by atoms with E-state index in [4.69, 9.17) is 5.73 Å². The van der Waals surface area contributed by atoms with Crippen molar-refractivity contribution in [1.82, 2.24) is 9.78 Å². The molecule has 2 N–H and O–H groups in total. The summed E-state index contributed by atoms with van der Waals surface area (Å²) in [6.07, 6.45) is 2.89. The Hall–Kier alpha value is -1.89. The molecule has 0 unspecified atom stereocenters. The Morgan fingerprint density at radius 2 is 2.21 bits per heavy atom.